The summed E-state index contributed by atoms with van der Waals surface area (Å²) in [4.78, 5) is 29.0. The highest BCUT2D eigenvalue weighted by Gasteiger charge is 2.15. The molecule has 38 heavy (non-hydrogen) atoms. The summed E-state index contributed by atoms with van der Waals surface area (Å²) in [6, 6.07) is 23.6. The minimum absolute atomic E-state index is 0.0971. The number of nitro groups is 1. The molecule has 0 aliphatic heterocycles. The van der Waals surface area contributed by atoms with Crippen LogP contribution in [0.3, 0.4) is 0 Å². The average molecular weight is 571 g/mol. The van der Waals surface area contributed by atoms with Crippen molar-refractivity contribution in [3.05, 3.63) is 121 Å². The van der Waals surface area contributed by atoms with E-state index >= 15 is 0 Å². The van der Waals surface area contributed by atoms with Crippen molar-refractivity contribution in [2.75, 3.05) is 0 Å². The number of non-ortho nitro benzene ring substituents is 1. The molecule has 0 radical (unpaired) electrons. The summed E-state index contributed by atoms with van der Waals surface area (Å²) in [5, 5.41) is 18.5. The Balaban J connectivity index is 1.56. The number of hydrogen-bond donors (Lipinski definition) is 0. The van der Waals surface area contributed by atoms with Crippen molar-refractivity contribution in [3.63, 3.8) is 0 Å². The van der Waals surface area contributed by atoms with Crippen LogP contribution < -0.4 is 10.3 Å². The number of fused-ring (bicyclic) bond motifs is 2. The number of ether oxygens (including phenoxy) is 1. The molecule has 5 aromatic rings. The summed E-state index contributed by atoms with van der Waals surface area (Å²) in [7, 11) is 0. The topological polar surface area (TPSA) is 99.6 Å². The molecule has 0 atom stereocenters. The quantitative estimate of drug-likeness (QED) is 0.122. The van der Waals surface area contributed by atoms with E-state index in [-0.39, 0.29) is 23.8 Å². The number of rotatable bonds is 7. The molecule has 0 fully saturated rings. The lowest BCUT2D eigenvalue weighted by Gasteiger charge is -2.13. The number of hydrogen-bond acceptors (Lipinski definition) is 6. The Bertz CT molecular complexity index is 1770. The van der Waals surface area contributed by atoms with Gasteiger partial charge in [0, 0.05) is 28.1 Å². The zero-order chi connectivity index (χ0) is 26.8. The van der Waals surface area contributed by atoms with Crippen LogP contribution in [-0.4, -0.2) is 20.8 Å². The van der Waals surface area contributed by atoms with E-state index in [2.05, 4.69) is 26.0 Å². The molecule has 1 heterocycles. The molecule has 0 saturated heterocycles. The largest absolute Gasteiger partial charge is 0.488 e. The third kappa shape index (κ3) is 5.05. The number of nitro benzene ring substituents is 1. The smallest absolute Gasteiger partial charge is 0.282 e. The molecule has 0 bridgehead atoms. The van der Waals surface area contributed by atoms with Gasteiger partial charge in [-0.05, 0) is 40.6 Å². The van der Waals surface area contributed by atoms with Crippen LogP contribution in [0.2, 0.25) is 0 Å². The highest BCUT2D eigenvalue weighted by Crippen LogP contribution is 2.26. The first-order valence-electron chi connectivity index (χ1n) is 12.0. The zero-order valence-electron chi connectivity index (χ0n) is 20.7. The fraction of sp³-hybridized carbons (Fsp3) is 0.138. The van der Waals surface area contributed by atoms with Crippen molar-refractivity contribution in [1.29, 1.82) is 0 Å². The molecule has 4 aromatic carbocycles. The van der Waals surface area contributed by atoms with E-state index in [1.54, 1.807) is 18.2 Å². The summed E-state index contributed by atoms with van der Waals surface area (Å²) >= 11 is 3.40. The van der Waals surface area contributed by atoms with Crippen molar-refractivity contribution in [2.24, 2.45) is 5.10 Å². The molecule has 1 aromatic heterocycles. The molecular formula is C29H23BrN4O4. The van der Waals surface area contributed by atoms with Gasteiger partial charge < -0.3 is 4.74 Å². The molecule has 0 N–H and O–H groups in total. The van der Waals surface area contributed by atoms with Gasteiger partial charge in [0.05, 0.1) is 22.0 Å². The fourth-order valence-corrected chi connectivity index (χ4v) is 4.59. The molecular weight excluding hydrogens is 548 g/mol. The highest BCUT2D eigenvalue weighted by molar-refractivity contribution is 9.10. The van der Waals surface area contributed by atoms with Crippen molar-refractivity contribution in [2.45, 2.75) is 26.4 Å². The summed E-state index contributed by atoms with van der Waals surface area (Å²) < 4.78 is 8.12. The van der Waals surface area contributed by atoms with Crippen LogP contribution in [0.15, 0.2) is 93.2 Å². The maximum atomic E-state index is 13.4. The second kappa shape index (κ2) is 10.5. The van der Waals surface area contributed by atoms with E-state index in [1.807, 2.05) is 62.4 Å². The highest BCUT2D eigenvalue weighted by atomic mass is 79.9. The Morgan fingerprint density at radius 1 is 1.05 bits per heavy atom. The van der Waals surface area contributed by atoms with Crippen LogP contribution in [0.1, 0.15) is 36.7 Å². The lowest BCUT2D eigenvalue weighted by Crippen LogP contribution is -2.23. The predicted molar refractivity (Wildman–Crippen MR) is 152 cm³/mol. The molecule has 0 aliphatic carbocycles. The van der Waals surface area contributed by atoms with E-state index in [0.717, 1.165) is 20.8 Å². The van der Waals surface area contributed by atoms with Crippen LogP contribution in [0.5, 0.6) is 5.75 Å². The third-order valence-corrected chi connectivity index (χ3v) is 6.62. The van der Waals surface area contributed by atoms with E-state index in [9.17, 15) is 14.9 Å². The molecule has 0 unspecified atom stereocenters. The average Bonchev–Trinajstić information content (AvgIpc) is 2.91. The van der Waals surface area contributed by atoms with Crippen molar-refractivity contribution >= 4 is 49.5 Å². The first kappa shape index (κ1) is 25.3. The Labute approximate surface area is 226 Å². The van der Waals surface area contributed by atoms with Gasteiger partial charge in [-0.25, -0.2) is 4.98 Å². The summed E-state index contributed by atoms with van der Waals surface area (Å²) in [6.45, 7) is 4.10. The van der Waals surface area contributed by atoms with Crippen LogP contribution in [0.25, 0.3) is 21.7 Å². The molecule has 8 nitrogen and oxygen atoms in total. The van der Waals surface area contributed by atoms with Gasteiger partial charge in [0.2, 0.25) is 0 Å². The van der Waals surface area contributed by atoms with E-state index in [0.29, 0.717) is 28.0 Å². The van der Waals surface area contributed by atoms with Gasteiger partial charge >= 0.3 is 0 Å². The SMILES string of the molecule is CC(C)c1nc2ccc(Br)cc2c(=O)n1N=Cc1cc([N+](=O)[O-])ccc1OCc1cccc2ccccc12. The molecule has 0 amide bonds. The maximum absolute atomic E-state index is 13.4. The zero-order valence-corrected chi connectivity index (χ0v) is 22.3. The Kier molecular flexibility index (Phi) is 7.02. The molecule has 190 valence electrons. The first-order chi connectivity index (χ1) is 18.3. The molecule has 0 aliphatic rings. The molecule has 5 rings (SSSR count). The van der Waals surface area contributed by atoms with E-state index in [1.165, 1.54) is 23.0 Å². The van der Waals surface area contributed by atoms with Crippen molar-refractivity contribution in [3.8, 4) is 5.75 Å². The third-order valence-electron chi connectivity index (χ3n) is 6.13. The fourth-order valence-electron chi connectivity index (χ4n) is 4.23. The lowest BCUT2D eigenvalue weighted by atomic mass is 10.1. The van der Waals surface area contributed by atoms with Gasteiger partial charge in [0.1, 0.15) is 18.2 Å². The monoisotopic (exact) mass is 570 g/mol. The van der Waals surface area contributed by atoms with Gasteiger partial charge in [-0.2, -0.15) is 9.78 Å². The van der Waals surface area contributed by atoms with Crippen LogP contribution in [-0.2, 0) is 6.61 Å². The number of nitrogens with zero attached hydrogens (tertiary/aromatic N) is 4. The van der Waals surface area contributed by atoms with Crippen molar-refractivity contribution in [1.82, 2.24) is 9.66 Å². The van der Waals surface area contributed by atoms with E-state index < -0.39 is 4.92 Å². The Hall–Kier alpha value is -4.37. The van der Waals surface area contributed by atoms with Gasteiger partial charge in [-0.1, -0.05) is 72.2 Å². The summed E-state index contributed by atoms with van der Waals surface area (Å²) in [5.74, 6) is 0.785. The predicted octanol–water partition coefficient (Wildman–Crippen LogP) is 6.81. The van der Waals surface area contributed by atoms with Gasteiger partial charge in [-0.3, -0.25) is 14.9 Å². The van der Waals surface area contributed by atoms with Gasteiger partial charge in [-0.15, -0.1) is 0 Å². The summed E-state index contributed by atoms with van der Waals surface area (Å²) in [5.41, 5.74) is 1.48. The molecule has 9 heteroatoms. The molecule has 0 saturated carbocycles. The van der Waals surface area contributed by atoms with Gasteiger partial charge in [0.25, 0.3) is 11.2 Å². The standard InChI is InChI=1S/C29H23BrN4O4/c1-18(2)28-32-26-12-10-22(30)15-25(26)29(35)33(28)31-16-21-14-23(34(36)37)11-13-27(21)38-17-20-8-5-7-19-6-3-4-9-24(19)20/h3-16,18H,17H2,1-2H3. The Morgan fingerprint density at radius 3 is 2.63 bits per heavy atom. The first-order valence-corrected chi connectivity index (χ1v) is 12.8. The second-order valence-electron chi connectivity index (χ2n) is 9.05. The molecule has 0 spiro atoms. The number of benzene rings is 4. The Morgan fingerprint density at radius 2 is 1.84 bits per heavy atom. The van der Waals surface area contributed by atoms with Crippen LogP contribution in [0.4, 0.5) is 5.69 Å². The minimum atomic E-state index is -0.480. The number of halogens is 1. The number of aromatic nitrogens is 2. The van der Waals surface area contributed by atoms with E-state index in [4.69, 9.17) is 4.74 Å². The lowest BCUT2D eigenvalue weighted by molar-refractivity contribution is -0.384. The minimum Gasteiger partial charge on any atom is -0.488 e. The van der Waals surface area contributed by atoms with Crippen LogP contribution >= 0.6 is 15.9 Å². The second-order valence-corrected chi connectivity index (χ2v) is 9.97. The van der Waals surface area contributed by atoms with Crippen molar-refractivity contribution < 1.29 is 9.66 Å². The summed E-state index contributed by atoms with van der Waals surface area (Å²) in [6.07, 6.45) is 1.41. The maximum Gasteiger partial charge on any atom is 0.282 e. The van der Waals surface area contributed by atoms with Crippen LogP contribution in [0, 0.1) is 10.1 Å². The van der Waals surface area contributed by atoms with Gasteiger partial charge in [0.15, 0.2) is 0 Å². The normalized spacial score (nSPS) is 11.6.